The van der Waals surface area contributed by atoms with Gasteiger partial charge in [0.1, 0.15) is 5.69 Å². The molecule has 0 spiro atoms. The van der Waals surface area contributed by atoms with Crippen LogP contribution in [-0.2, 0) is 13.2 Å². The van der Waals surface area contributed by atoms with Gasteiger partial charge in [-0.3, -0.25) is 0 Å². The van der Waals surface area contributed by atoms with Crippen LogP contribution in [0, 0.1) is 11.3 Å². The van der Waals surface area contributed by atoms with Crippen LogP contribution in [-0.4, -0.2) is 20.1 Å². The second kappa shape index (κ2) is 6.73. The SMILES string of the molecule is N#Cc1ccccc1CNc1ccc(-n2cc(CO)nn2)cc1. The van der Waals surface area contributed by atoms with Gasteiger partial charge in [-0.05, 0) is 35.9 Å². The highest BCUT2D eigenvalue weighted by Crippen LogP contribution is 2.15. The van der Waals surface area contributed by atoms with E-state index in [9.17, 15) is 0 Å². The van der Waals surface area contributed by atoms with Gasteiger partial charge in [0.15, 0.2) is 0 Å². The van der Waals surface area contributed by atoms with Crippen LogP contribution in [0.25, 0.3) is 5.69 Å². The molecule has 2 N–H and O–H groups in total. The van der Waals surface area contributed by atoms with Crippen molar-refractivity contribution in [2.45, 2.75) is 13.2 Å². The van der Waals surface area contributed by atoms with E-state index < -0.39 is 0 Å². The van der Waals surface area contributed by atoms with Crippen LogP contribution >= 0.6 is 0 Å². The van der Waals surface area contributed by atoms with Crippen molar-refractivity contribution in [3.63, 3.8) is 0 Å². The molecule has 3 aromatic rings. The van der Waals surface area contributed by atoms with Crippen LogP contribution in [0.1, 0.15) is 16.8 Å². The molecule has 0 saturated heterocycles. The molecule has 0 saturated carbocycles. The number of aromatic nitrogens is 3. The predicted molar refractivity (Wildman–Crippen MR) is 85.8 cm³/mol. The largest absolute Gasteiger partial charge is 0.390 e. The Morgan fingerprint density at radius 1 is 1.13 bits per heavy atom. The number of nitriles is 1. The minimum atomic E-state index is -0.127. The first kappa shape index (κ1) is 14.8. The van der Waals surface area contributed by atoms with Crippen molar-refractivity contribution in [2.24, 2.45) is 0 Å². The van der Waals surface area contributed by atoms with Crippen LogP contribution in [0.4, 0.5) is 5.69 Å². The maximum atomic E-state index is 9.09. The molecule has 0 aliphatic heterocycles. The zero-order valence-corrected chi connectivity index (χ0v) is 12.3. The van der Waals surface area contributed by atoms with Crippen molar-refractivity contribution in [3.05, 3.63) is 71.5 Å². The van der Waals surface area contributed by atoms with E-state index in [1.165, 1.54) is 0 Å². The Balaban J connectivity index is 1.69. The van der Waals surface area contributed by atoms with Gasteiger partial charge < -0.3 is 10.4 Å². The van der Waals surface area contributed by atoms with Crippen LogP contribution in [0.3, 0.4) is 0 Å². The van der Waals surface area contributed by atoms with Crippen molar-refractivity contribution in [1.29, 1.82) is 5.26 Å². The number of anilines is 1. The molecule has 0 radical (unpaired) electrons. The molecule has 23 heavy (non-hydrogen) atoms. The average molecular weight is 305 g/mol. The lowest BCUT2D eigenvalue weighted by Crippen LogP contribution is -2.02. The second-order valence-electron chi connectivity index (χ2n) is 4.98. The van der Waals surface area contributed by atoms with Crippen molar-refractivity contribution >= 4 is 5.69 Å². The fourth-order valence-electron chi connectivity index (χ4n) is 2.21. The van der Waals surface area contributed by atoms with E-state index in [1.54, 1.807) is 10.9 Å². The number of rotatable bonds is 5. The number of nitrogens with one attached hydrogen (secondary N) is 1. The van der Waals surface area contributed by atoms with Gasteiger partial charge in [0.25, 0.3) is 0 Å². The first-order valence-electron chi connectivity index (χ1n) is 7.14. The Morgan fingerprint density at radius 2 is 1.91 bits per heavy atom. The number of hydrogen-bond donors (Lipinski definition) is 2. The molecular formula is C17H15N5O. The number of nitrogens with zero attached hydrogens (tertiary/aromatic N) is 4. The van der Waals surface area contributed by atoms with E-state index in [2.05, 4.69) is 21.7 Å². The lowest BCUT2D eigenvalue weighted by Gasteiger charge is -2.08. The lowest BCUT2D eigenvalue weighted by atomic mass is 10.1. The Labute approximate surface area is 133 Å². The van der Waals surface area contributed by atoms with Gasteiger partial charge in [0, 0.05) is 12.2 Å². The summed E-state index contributed by atoms with van der Waals surface area (Å²) in [6, 6.07) is 17.4. The summed E-state index contributed by atoms with van der Waals surface area (Å²) in [5.41, 5.74) is 3.98. The molecule has 0 unspecified atom stereocenters. The molecule has 6 heteroatoms. The Bertz CT molecular complexity index is 833. The lowest BCUT2D eigenvalue weighted by molar-refractivity contribution is 0.276. The molecule has 0 fully saturated rings. The number of benzene rings is 2. The molecule has 1 aromatic heterocycles. The molecular weight excluding hydrogens is 290 g/mol. The quantitative estimate of drug-likeness (QED) is 0.755. The van der Waals surface area contributed by atoms with Gasteiger partial charge in [0.05, 0.1) is 30.1 Å². The Hall–Kier alpha value is -3.17. The van der Waals surface area contributed by atoms with Crippen LogP contribution in [0.2, 0.25) is 0 Å². The maximum Gasteiger partial charge on any atom is 0.109 e. The summed E-state index contributed by atoms with van der Waals surface area (Å²) in [7, 11) is 0. The molecule has 0 atom stereocenters. The average Bonchev–Trinajstić information content (AvgIpc) is 3.10. The van der Waals surface area contributed by atoms with Gasteiger partial charge >= 0.3 is 0 Å². The standard InChI is InChI=1S/C17H15N5O/c18-9-13-3-1-2-4-14(13)10-19-15-5-7-17(8-6-15)22-11-16(12-23)20-21-22/h1-8,11,19,23H,10,12H2. The second-order valence-corrected chi connectivity index (χ2v) is 4.98. The summed E-state index contributed by atoms with van der Waals surface area (Å²) in [6.07, 6.45) is 1.69. The van der Waals surface area contributed by atoms with Gasteiger partial charge in [0.2, 0.25) is 0 Å². The van der Waals surface area contributed by atoms with Crippen LogP contribution < -0.4 is 5.32 Å². The molecule has 0 bridgehead atoms. The fraction of sp³-hybridized carbons (Fsp3) is 0.118. The van der Waals surface area contributed by atoms with Crippen molar-refractivity contribution in [1.82, 2.24) is 15.0 Å². The fourth-order valence-corrected chi connectivity index (χ4v) is 2.21. The maximum absolute atomic E-state index is 9.09. The van der Waals surface area contributed by atoms with E-state index in [1.807, 2.05) is 48.5 Å². The Morgan fingerprint density at radius 3 is 2.61 bits per heavy atom. The minimum absolute atomic E-state index is 0.127. The molecule has 6 nitrogen and oxygen atoms in total. The number of aliphatic hydroxyl groups is 1. The summed E-state index contributed by atoms with van der Waals surface area (Å²) in [5.74, 6) is 0. The Kier molecular flexibility index (Phi) is 4.32. The molecule has 2 aromatic carbocycles. The van der Waals surface area contributed by atoms with Gasteiger partial charge in [-0.2, -0.15) is 5.26 Å². The van der Waals surface area contributed by atoms with Gasteiger partial charge in [-0.15, -0.1) is 5.10 Å². The van der Waals surface area contributed by atoms with Gasteiger partial charge in [-0.25, -0.2) is 4.68 Å². The zero-order valence-electron chi connectivity index (χ0n) is 12.3. The summed E-state index contributed by atoms with van der Waals surface area (Å²) in [6.45, 7) is 0.457. The van der Waals surface area contributed by atoms with Crippen molar-refractivity contribution in [3.8, 4) is 11.8 Å². The minimum Gasteiger partial charge on any atom is -0.390 e. The highest BCUT2D eigenvalue weighted by Gasteiger charge is 2.03. The summed E-state index contributed by atoms with van der Waals surface area (Å²) >= 11 is 0. The highest BCUT2D eigenvalue weighted by molar-refractivity contribution is 5.49. The van der Waals surface area contributed by atoms with Crippen LogP contribution in [0.15, 0.2) is 54.7 Å². The third-order valence-electron chi connectivity index (χ3n) is 3.46. The van der Waals surface area contributed by atoms with Gasteiger partial charge in [-0.1, -0.05) is 23.4 Å². The topological polar surface area (TPSA) is 86.8 Å². The smallest absolute Gasteiger partial charge is 0.109 e. The summed E-state index contributed by atoms with van der Waals surface area (Å²) in [5, 5.41) is 29.2. The molecule has 114 valence electrons. The van der Waals surface area contributed by atoms with E-state index in [-0.39, 0.29) is 6.61 Å². The molecule has 0 aliphatic rings. The first-order chi connectivity index (χ1) is 11.3. The highest BCUT2D eigenvalue weighted by atomic mass is 16.3. The zero-order chi connectivity index (χ0) is 16.1. The van der Waals surface area contributed by atoms with E-state index >= 15 is 0 Å². The molecule has 1 heterocycles. The van der Waals surface area contributed by atoms with Crippen LogP contribution in [0.5, 0.6) is 0 Å². The van der Waals surface area contributed by atoms with E-state index in [0.717, 1.165) is 16.9 Å². The summed E-state index contributed by atoms with van der Waals surface area (Å²) < 4.78 is 1.61. The number of aliphatic hydroxyl groups excluding tert-OH is 1. The molecule has 3 rings (SSSR count). The summed E-state index contributed by atoms with van der Waals surface area (Å²) in [4.78, 5) is 0. The third kappa shape index (κ3) is 3.36. The normalized spacial score (nSPS) is 10.3. The number of hydrogen-bond acceptors (Lipinski definition) is 5. The first-order valence-corrected chi connectivity index (χ1v) is 7.14. The third-order valence-corrected chi connectivity index (χ3v) is 3.46. The predicted octanol–water partition coefficient (Wildman–Crippen LogP) is 2.24. The van der Waals surface area contributed by atoms with E-state index in [4.69, 9.17) is 10.4 Å². The van der Waals surface area contributed by atoms with Crippen molar-refractivity contribution < 1.29 is 5.11 Å². The van der Waals surface area contributed by atoms with Crippen molar-refractivity contribution in [2.75, 3.05) is 5.32 Å². The molecule has 0 amide bonds. The monoisotopic (exact) mass is 305 g/mol. The molecule has 0 aliphatic carbocycles. The van der Waals surface area contributed by atoms with E-state index in [0.29, 0.717) is 17.8 Å².